The van der Waals surface area contributed by atoms with E-state index in [1.165, 1.54) is 24.0 Å². The third kappa shape index (κ3) is 2.90. The van der Waals surface area contributed by atoms with Gasteiger partial charge in [-0.25, -0.2) is 9.37 Å². The summed E-state index contributed by atoms with van der Waals surface area (Å²) in [4.78, 5) is 45.0. The molecule has 2 aromatic heterocycles. The van der Waals surface area contributed by atoms with Crippen molar-refractivity contribution < 1.29 is 18.4 Å². The number of rotatable bonds is 3. The van der Waals surface area contributed by atoms with Gasteiger partial charge < -0.3 is 4.42 Å². The van der Waals surface area contributed by atoms with Gasteiger partial charge in [0.15, 0.2) is 16.3 Å². The molecule has 0 fully saturated rings. The second kappa shape index (κ2) is 6.95. The average Bonchev–Trinajstić information content (AvgIpc) is 3.27. The quantitative estimate of drug-likeness (QED) is 0.439. The largest absolute Gasteiger partial charge is 0.450 e. The topological polar surface area (TPSA) is 80.5 Å². The van der Waals surface area contributed by atoms with Crippen LogP contribution in [0, 0.1) is 12.7 Å². The van der Waals surface area contributed by atoms with Gasteiger partial charge in [-0.2, -0.15) is 0 Å². The van der Waals surface area contributed by atoms with Crippen LogP contribution in [-0.4, -0.2) is 16.7 Å². The molecule has 8 heteroatoms. The second-order valence-corrected chi connectivity index (χ2v) is 8.25. The summed E-state index contributed by atoms with van der Waals surface area (Å²) < 4.78 is 19.6. The molecule has 0 bridgehead atoms. The molecule has 0 N–H and O–H groups in total. The maximum atomic E-state index is 13.8. The van der Waals surface area contributed by atoms with Crippen molar-refractivity contribution >= 4 is 39.1 Å². The zero-order valence-corrected chi connectivity index (χ0v) is 17.3. The summed E-state index contributed by atoms with van der Waals surface area (Å²) in [7, 11) is 0. The van der Waals surface area contributed by atoms with Gasteiger partial charge in [0, 0.05) is 6.92 Å². The number of anilines is 1. The normalized spacial score (nSPS) is 15.5. The van der Waals surface area contributed by atoms with Crippen molar-refractivity contribution in [1.82, 2.24) is 4.98 Å². The van der Waals surface area contributed by atoms with Crippen molar-refractivity contribution in [2.45, 2.75) is 19.9 Å². The Balaban J connectivity index is 1.81. The van der Waals surface area contributed by atoms with E-state index in [0.717, 1.165) is 17.4 Å². The molecule has 5 rings (SSSR count). The van der Waals surface area contributed by atoms with Crippen molar-refractivity contribution in [1.29, 1.82) is 0 Å². The highest BCUT2D eigenvalue weighted by molar-refractivity contribution is 7.17. The van der Waals surface area contributed by atoms with Crippen LogP contribution in [0.15, 0.2) is 57.7 Å². The Morgan fingerprint density at radius 3 is 2.58 bits per heavy atom. The van der Waals surface area contributed by atoms with E-state index in [2.05, 4.69) is 4.98 Å². The van der Waals surface area contributed by atoms with E-state index >= 15 is 0 Å². The molecule has 1 amide bonds. The molecule has 1 unspecified atom stereocenters. The van der Waals surface area contributed by atoms with Gasteiger partial charge in [-0.3, -0.25) is 19.3 Å². The molecular weight excluding hydrogens is 419 g/mol. The summed E-state index contributed by atoms with van der Waals surface area (Å²) in [6.45, 7) is 3.13. The van der Waals surface area contributed by atoms with E-state index in [9.17, 15) is 18.8 Å². The number of carbonyl (C=O) groups excluding carboxylic acids is 2. The highest BCUT2D eigenvalue weighted by atomic mass is 32.1. The van der Waals surface area contributed by atoms with Crippen LogP contribution in [-0.2, 0) is 0 Å². The number of amides is 1. The van der Waals surface area contributed by atoms with Gasteiger partial charge in [0.1, 0.15) is 11.4 Å². The SMILES string of the molecule is CC(=O)c1sc(N2C(=O)c3oc4ccc(F)cc4c(=O)c3C2c2ccccc2)nc1C. The third-order valence-corrected chi connectivity index (χ3v) is 6.52. The van der Waals surface area contributed by atoms with Gasteiger partial charge in [0.25, 0.3) is 5.91 Å². The predicted octanol–water partition coefficient (Wildman–Crippen LogP) is 4.65. The van der Waals surface area contributed by atoms with Crippen LogP contribution in [0.1, 0.15) is 50.0 Å². The van der Waals surface area contributed by atoms with Crippen LogP contribution in [0.4, 0.5) is 9.52 Å². The number of Topliss-reactive ketones (excluding diaryl/α,β-unsaturated/α-hetero) is 1. The Morgan fingerprint density at radius 1 is 1.16 bits per heavy atom. The van der Waals surface area contributed by atoms with E-state index in [1.807, 2.05) is 6.07 Å². The Labute approximate surface area is 179 Å². The van der Waals surface area contributed by atoms with Crippen molar-refractivity contribution in [3.63, 3.8) is 0 Å². The second-order valence-electron chi connectivity index (χ2n) is 7.27. The molecule has 4 aromatic rings. The van der Waals surface area contributed by atoms with Gasteiger partial charge in [-0.1, -0.05) is 41.7 Å². The number of benzene rings is 2. The van der Waals surface area contributed by atoms with Gasteiger partial charge in [0.2, 0.25) is 5.76 Å². The smallest absolute Gasteiger partial charge is 0.297 e. The summed E-state index contributed by atoms with van der Waals surface area (Å²) in [6, 6.07) is 11.8. The van der Waals surface area contributed by atoms with Crippen molar-refractivity contribution in [2.75, 3.05) is 4.90 Å². The summed E-state index contributed by atoms with van der Waals surface area (Å²) >= 11 is 1.09. The lowest BCUT2D eigenvalue weighted by atomic mass is 9.99. The first-order chi connectivity index (χ1) is 14.9. The summed E-state index contributed by atoms with van der Waals surface area (Å²) in [5.41, 5.74) is 0.975. The number of aromatic nitrogens is 1. The van der Waals surface area contributed by atoms with Crippen molar-refractivity contribution in [3.05, 3.63) is 92.0 Å². The molecule has 0 radical (unpaired) electrons. The number of halogens is 1. The minimum atomic E-state index is -0.807. The minimum Gasteiger partial charge on any atom is -0.450 e. The van der Waals surface area contributed by atoms with E-state index in [-0.39, 0.29) is 28.1 Å². The number of hydrogen-bond acceptors (Lipinski definition) is 6. The molecule has 0 saturated carbocycles. The number of thiazole rings is 1. The van der Waals surface area contributed by atoms with Crippen LogP contribution in [0.2, 0.25) is 0 Å². The highest BCUT2D eigenvalue weighted by Gasteiger charge is 2.45. The van der Waals surface area contributed by atoms with Crippen LogP contribution >= 0.6 is 11.3 Å². The average molecular weight is 434 g/mol. The lowest BCUT2D eigenvalue weighted by Gasteiger charge is -2.22. The predicted molar refractivity (Wildman–Crippen MR) is 114 cm³/mol. The van der Waals surface area contributed by atoms with Crippen molar-refractivity contribution in [3.8, 4) is 0 Å². The van der Waals surface area contributed by atoms with Gasteiger partial charge in [-0.05, 0) is 30.7 Å². The standard InChI is InChI=1S/C23H15FN2O4S/c1-11-21(12(2)27)31-23(25-11)26-18(13-6-4-3-5-7-13)17-19(28)15-10-14(24)8-9-16(15)30-20(17)22(26)29/h3-10,18H,1-2H3. The van der Waals surface area contributed by atoms with Crippen LogP contribution in [0.3, 0.4) is 0 Å². The number of nitrogens with zero attached hydrogens (tertiary/aromatic N) is 2. The van der Waals surface area contributed by atoms with Gasteiger partial charge >= 0.3 is 0 Å². The maximum absolute atomic E-state index is 13.8. The molecule has 1 atom stereocenters. The molecular formula is C23H15FN2O4S. The Hall–Kier alpha value is -3.65. The lowest BCUT2D eigenvalue weighted by molar-refractivity contribution is 0.0969. The Bertz CT molecular complexity index is 1440. The molecule has 3 heterocycles. The summed E-state index contributed by atoms with van der Waals surface area (Å²) in [5.74, 6) is -1.36. The Kier molecular flexibility index (Phi) is 4.33. The summed E-state index contributed by atoms with van der Waals surface area (Å²) in [6.07, 6.45) is 0. The maximum Gasteiger partial charge on any atom is 0.297 e. The van der Waals surface area contributed by atoms with Crippen LogP contribution < -0.4 is 10.3 Å². The van der Waals surface area contributed by atoms with E-state index < -0.39 is 23.2 Å². The zero-order chi connectivity index (χ0) is 21.9. The molecule has 2 aromatic carbocycles. The Morgan fingerprint density at radius 2 is 1.90 bits per heavy atom. The first kappa shape index (κ1) is 19.3. The first-order valence-electron chi connectivity index (χ1n) is 9.50. The number of ketones is 1. The third-order valence-electron chi connectivity index (χ3n) is 5.26. The monoisotopic (exact) mass is 434 g/mol. The van der Waals surface area contributed by atoms with Crippen molar-refractivity contribution in [2.24, 2.45) is 0 Å². The van der Waals surface area contributed by atoms with Crippen LogP contribution in [0.5, 0.6) is 0 Å². The molecule has 1 aliphatic rings. The number of fused-ring (bicyclic) bond motifs is 2. The van der Waals surface area contributed by atoms with E-state index in [0.29, 0.717) is 21.3 Å². The zero-order valence-electron chi connectivity index (χ0n) is 16.5. The molecule has 31 heavy (non-hydrogen) atoms. The molecule has 0 spiro atoms. The first-order valence-corrected chi connectivity index (χ1v) is 10.3. The molecule has 0 saturated heterocycles. The molecule has 154 valence electrons. The van der Waals surface area contributed by atoms with Crippen LogP contribution in [0.25, 0.3) is 11.0 Å². The molecule has 6 nitrogen and oxygen atoms in total. The fourth-order valence-electron chi connectivity index (χ4n) is 3.90. The minimum absolute atomic E-state index is 0.0640. The number of carbonyl (C=O) groups is 2. The fourth-order valence-corrected chi connectivity index (χ4v) is 4.89. The highest BCUT2D eigenvalue weighted by Crippen LogP contribution is 2.43. The number of hydrogen-bond donors (Lipinski definition) is 0. The number of aryl methyl sites for hydroxylation is 1. The fraction of sp³-hybridized carbons (Fsp3) is 0.130. The lowest BCUT2D eigenvalue weighted by Crippen LogP contribution is -2.29. The summed E-state index contributed by atoms with van der Waals surface area (Å²) in [5, 5.41) is 0.358. The van der Waals surface area contributed by atoms with Gasteiger partial charge in [-0.15, -0.1) is 0 Å². The molecule has 0 aliphatic carbocycles. The van der Waals surface area contributed by atoms with Gasteiger partial charge in [0.05, 0.1) is 27.6 Å². The molecule has 1 aliphatic heterocycles. The van der Waals surface area contributed by atoms with E-state index in [4.69, 9.17) is 4.42 Å². The van der Waals surface area contributed by atoms with E-state index in [1.54, 1.807) is 31.2 Å².